The zero-order chi connectivity index (χ0) is 11.4. The van der Waals surface area contributed by atoms with Crippen LogP contribution in [-0.2, 0) is 13.0 Å². The van der Waals surface area contributed by atoms with Crippen molar-refractivity contribution >= 4 is 0 Å². The SMILES string of the molecule is CCn1nc(CCNC)cc1C1CCCC1. The van der Waals surface area contributed by atoms with E-state index in [4.69, 9.17) is 0 Å². The number of aromatic nitrogens is 2. The maximum Gasteiger partial charge on any atom is 0.0640 e. The Bertz CT molecular complexity index is 324. The van der Waals surface area contributed by atoms with Crippen LogP contribution >= 0.6 is 0 Å². The molecule has 3 nitrogen and oxygen atoms in total. The number of aryl methyl sites for hydroxylation is 1. The van der Waals surface area contributed by atoms with Gasteiger partial charge in [-0.1, -0.05) is 12.8 Å². The van der Waals surface area contributed by atoms with Crippen molar-refractivity contribution in [3.8, 4) is 0 Å². The van der Waals surface area contributed by atoms with E-state index < -0.39 is 0 Å². The van der Waals surface area contributed by atoms with Crippen molar-refractivity contribution in [1.82, 2.24) is 15.1 Å². The molecule has 0 atom stereocenters. The van der Waals surface area contributed by atoms with Crippen molar-refractivity contribution in [1.29, 1.82) is 0 Å². The van der Waals surface area contributed by atoms with E-state index in [0.717, 1.165) is 25.4 Å². The van der Waals surface area contributed by atoms with Gasteiger partial charge in [0, 0.05) is 31.1 Å². The van der Waals surface area contributed by atoms with Crippen LogP contribution in [0.5, 0.6) is 0 Å². The molecule has 0 aliphatic heterocycles. The van der Waals surface area contributed by atoms with E-state index in [1.54, 1.807) is 0 Å². The standard InChI is InChI=1S/C13H23N3/c1-3-16-13(11-6-4-5-7-11)10-12(15-16)8-9-14-2/h10-11,14H,3-9H2,1-2H3. The highest BCUT2D eigenvalue weighted by atomic mass is 15.3. The Kier molecular flexibility index (Phi) is 3.99. The maximum atomic E-state index is 4.69. The molecule has 1 heterocycles. The van der Waals surface area contributed by atoms with E-state index in [1.807, 2.05) is 7.05 Å². The zero-order valence-electron chi connectivity index (χ0n) is 10.5. The maximum absolute atomic E-state index is 4.69. The first-order valence-electron chi connectivity index (χ1n) is 6.56. The summed E-state index contributed by atoms with van der Waals surface area (Å²) in [6.45, 7) is 4.21. The molecule has 1 N–H and O–H groups in total. The lowest BCUT2D eigenvalue weighted by Crippen LogP contribution is -2.11. The third-order valence-corrected chi connectivity index (χ3v) is 3.57. The van der Waals surface area contributed by atoms with Crippen LogP contribution in [0.4, 0.5) is 0 Å². The second-order valence-corrected chi connectivity index (χ2v) is 4.71. The summed E-state index contributed by atoms with van der Waals surface area (Å²) in [7, 11) is 1.99. The molecule has 90 valence electrons. The summed E-state index contributed by atoms with van der Waals surface area (Å²) in [4.78, 5) is 0. The molecule has 1 aromatic rings. The highest BCUT2D eigenvalue weighted by molar-refractivity contribution is 5.16. The van der Waals surface area contributed by atoms with E-state index in [-0.39, 0.29) is 0 Å². The lowest BCUT2D eigenvalue weighted by atomic mass is 10.0. The number of likely N-dealkylation sites (N-methyl/N-ethyl adjacent to an activating group) is 1. The number of nitrogens with one attached hydrogen (secondary N) is 1. The smallest absolute Gasteiger partial charge is 0.0640 e. The second-order valence-electron chi connectivity index (χ2n) is 4.71. The van der Waals surface area contributed by atoms with Crippen LogP contribution in [0.25, 0.3) is 0 Å². The molecule has 0 saturated heterocycles. The molecule has 0 amide bonds. The molecule has 16 heavy (non-hydrogen) atoms. The average molecular weight is 221 g/mol. The number of rotatable bonds is 5. The van der Waals surface area contributed by atoms with Crippen LogP contribution < -0.4 is 5.32 Å². The van der Waals surface area contributed by atoms with Gasteiger partial charge in [-0.05, 0) is 32.9 Å². The van der Waals surface area contributed by atoms with Gasteiger partial charge in [-0.2, -0.15) is 5.10 Å². The fourth-order valence-corrected chi connectivity index (χ4v) is 2.67. The van der Waals surface area contributed by atoms with Crippen LogP contribution in [0.1, 0.15) is 49.9 Å². The number of nitrogens with zero attached hydrogens (tertiary/aromatic N) is 2. The fourth-order valence-electron chi connectivity index (χ4n) is 2.67. The summed E-state index contributed by atoms with van der Waals surface area (Å²) in [5.41, 5.74) is 2.73. The molecule has 0 aromatic carbocycles. The molecule has 1 aliphatic rings. The largest absolute Gasteiger partial charge is 0.319 e. The zero-order valence-corrected chi connectivity index (χ0v) is 10.5. The highest BCUT2D eigenvalue weighted by Crippen LogP contribution is 2.34. The van der Waals surface area contributed by atoms with Crippen molar-refractivity contribution in [2.45, 2.75) is 51.5 Å². The minimum Gasteiger partial charge on any atom is -0.319 e. The average Bonchev–Trinajstić information content (AvgIpc) is 2.94. The molecule has 0 radical (unpaired) electrons. The van der Waals surface area contributed by atoms with Crippen LogP contribution in [0.2, 0.25) is 0 Å². The molecule has 0 bridgehead atoms. The van der Waals surface area contributed by atoms with Crippen molar-refractivity contribution in [3.05, 3.63) is 17.5 Å². The Morgan fingerprint density at radius 3 is 2.81 bits per heavy atom. The lowest BCUT2D eigenvalue weighted by Gasteiger charge is -2.10. The fraction of sp³-hybridized carbons (Fsp3) is 0.769. The van der Waals surface area contributed by atoms with Gasteiger partial charge in [0.2, 0.25) is 0 Å². The van der Waals surface area contributed by atoms with Crippen LogP contribution in [0.3, 0.4) is 0 Å². The van der Waals surface area contributed by atoms with Crippen LogP contribution in [0.15, 0.2) is 6.07 Å². The monoisotopic (exact) mass is 221 g/mol. The quantitative estimate of drug-likeness (QED) is 0.827. The van der Waals surface area contributed by atoms with Gasteiger partial charge < -0.3 is 5.32 Å². The van der Waals surface area contributed by atoms with Crippen LogP contribution in [0, 0.1) is 0 Å². The Balaban J connectivity index is 2.12. The number of hydrogen-bond acceptors (Lipinski definition) is 2. The highest BCUT2D eigenvalue weighted by Gasteiger charge is 2.21. The van der Waals surface area contributed by atoms with Gasteiger partial charge in [0.05, 0.1) is 5.69 Å². The molecular formula is C13H23N3. The first-order valence-corrected chi connectivity index (χ1v) is 6.56. The van der Waals surface area contributed by atoms with Gasteiger partial charge in [-0.25, -0.2) is 0 Å². The van der Waals surface area contributed by atoms with Gasteiger partial charge in [0.25, 0.3) is 0 Å². The Morgan fingerprint density at radius 1 is 1.44 bits per heavy atom. The molecular weight excluding hydrogens is 198 g/mol. The van der Waals surface area contributed by atoms with Gasteiger partial charge in [0.15, 0.2) is 0 Å². The van der Waals surface area contributed by atoms with Crippen molar-refractivity contribution in [3.63, 3.8) is 0 Å². The topological polar surface area (TPSA) is 29.9 Å². The molecule has 0 unspecified atom stereocenters. The normalized spacial score (nSPS) is 17.1. The lowest BCUT2D eigenvalue weighted by molar-refractivity contribution is 0.563. The van der Waals surface area contributed by atoms with E-state index >= 15 is 0 Å². The molecule has 2 rings (SSSR count). The van der Waals surface area contributed by atoms with Crippen LogP contribution in [-0.4, -0.2) is 23.4 Å². The summed E-state index contributed by atoms with van der Waals surface area (Å²) in [5, 5.41) is 7.87. The van der Waals surface area contributed by atoms with Gasteiger partial charge in [-0.3, -0.25) is 4.68 Å². The molecule has 3 heteroatoms. The Hall–Kier alpha value is -0.830. The first kappa shape index (κ1) is 11.6. The van der Waals surface area contributed by atoms with E-state index in [9.17, 15) is 0 Å². The summed E-state index contributed by atoms with van der Waals surface area (Å²) in [6, 6.07) is 2.33. The third-order valence-electron chi connectivity index (χ3n) is 3.57. The van der Waals surface area contributed by atoms with Crippen molar-refractivity contribution < 1.29 is 0 Å². The van der Waals surface area contributed by atoms with Crippen molar-refractivity contribution in [2.75, 3.05) is 13.6 Å². The van der Waals surface area contributed by atoms with Crippen molar-refractivity contribution in [2.24, 2.45) is 0 Å². The Morgan fingerprint density at radius 2 is 2.19 bits per heavy atom. The minimum atomic E-state index is 0.774. The van der Waals surface area contributed by atoms with E-state index in [1.165, 1.54) is 37.1 Å². The number of hydrogen-bond donors (Lipinski definition) is 1. The first-order chi connectivity index (χ1) is 7.85. The van der Waals surface area contributed by atoms with Gasteiger partial charge in [0.1, 0.15) is 0 Å². The predicted octanol–water partition coefficient (Wildman–Crippen LogP) is 2.32. The summed E-state index contributed by atoms with van der Waals surface area (Å²) >= 11 is 0. The van der Waals surface area contributed by atoms with E-state index in [2.05, 4.69) is 28.1 Å². The summed E-state index contributed by atoms with van der Waals surface area (Å²) in [5.74, 6) is 0.774. The second kappa shape index (κ2) is 5.48. The molecule has 1 saturated carbocycles. The third kappa shape index (κ3) is 2.46. The minimum absolute atomic E-state index is 0.774. The Labute approximate surface area is 98.2 Å². The van der Waals surface area contributed by atoms with Gasteiger partial charge >= 0.3 is 0 Å². The van der Waals surface area contributed by atoms with Gasteiger partial charge in [-0.15, -0.1) is 0 Å². The predicted molar refractivity (Wildman–Crippen MR) is 66.7 cm³/mol. The molecule has 1 fully saturated rings. The molecule has 1 aliphatic carbocycles. The molecule has 1 aromatic heterocycles. The summed E-state index contributed by atoms with van der Waals surface area (Å²) < 4.78 is 2.21. The molecule has 0 spiro atoms. The van der Waals surface area contributed by atoms with E-state index in [0.29, 0.717) is 0 Å². The summed E-state index contributed by atoms with van der Waals surface area (Å²) in [6.07, 6.45) is 6.55.